The van der Waals surface area contributed by atoms with Gasteiger partial charge in [-0.2, -0.15) is 0 Å². The maximum absolute atomic E-state index is 11.1. The normalized spacial score (nSPS) is 27.3. The zero-order valence-electron chi connectivity index (χ0n) is 8.19. The van der Waals surface area contributed by atoms with E-state index in [4.69, 9.17) is 5.11 Å². The molecule has 76 valence electrons. The Morgan fingerprint density at radius 1 is 1.62 bits per heavy atom. The lowest BCUT2D eigenvalue weighted by Crippen LogP contribution is -2.35. The van der Waals surface area contributed by atoms with Crippen molar-refractivity contribution in [1.29, 1.82) is 0 Å². The standard InChI is InChI=1S/C9H17NO3/c1-10(9(12)13-2)8-4-3-7(5-8)6-11/h7-8,11H,3-6H2,1-2H3. The Balaban J connectivity index is 2.41. The molecule has 0 radical (unpaired) electrons. The van der Waals surface area contributed by atoms with Crippen LogP contribution in [0.15, 0.2) is 0 Å². The summed E-state index contributed by atoms with van der Waals surface area (Å²) in [6, 6.07) is 0.240. The number of methoxy groups -OCH3 is 1. The molecule has 13 heavy (non-hydrogen) atoms. The molecule has 1 aliphatic rings. The second-order valence-electron chi connectivity index (χ2n) is 3.60. The van der Waals surface area contributed by atoms with Crippen LogP contribution < -0.4 is 0 Å². The average Bonchev–Trinajstić information content (AvgIpc) is 2.63. The van der Waals surface area contributed by atoms with E-state index in [1.165, 1.54) is 7.11 Å². The van der Waals surface area contributed by atoms with Crippen molar-refractivity contribution in [3.05, 3.63) is 0 Å². The van der Waals surface area contributed by atoms with Gasteiger partial charge in [0.25, 0.3) is 0 Å². The molecule has 0 aromatic heterocycles. The van der Waals surface area contributed by atoms with Gasteiger partial charge in [0.05, 0.1) is 7.11 Å². The van der Waals surface area contributed by atoms with Crippen molar-refractivity contribution in [2.75, 3.05) is 20.8 Å². The molecule has 0 aromatic carbocycles. The number of amides is 1. The summed E-state index contributed by atoms with van der Waals surface area (Å²) < 4.78 is 4.62. The Labute approximate surface area is 78.5 Å². The van der Waals surface area contributed by atoms with E-state index in [0.29, 0.717) is 5.92 Å². The van der Waals surface area contributed by atoms with Crippen LogP contribution in [0.2, 0.25) is 0 Å². The summed E-state index contributed by atoms with van der Waals surface area (Å²) in [6.45, 7) is 0.228. The van der Waals surface area contributed by atoms with Gasteiger partial charge >= 0.3 is 6.09 Å². The van der Waals surface area contributed by atoms with Gasteiger partial charge in [0, 0.05) is 19.7 Å². The van der Waals surface area contributed by atoms with E-state index >= 15 is 0 Å². The van der Waals surface area contributed by atoms with E-state index in [-0.39, 0.29) is 18.7 Å². The van der Waals surface area contributed by atoms with Crippen LogP contribution >= 0.6 is 0 Å². The fourth-order valence-electron chi connectivity index (χ4n) is 1.86. The maximum atomic E-state index is 11.1. The third kappa shape index (κ3) is 2.34. The number of aliphatic hydroxyl groups is 1. The van der Waals surface area contributed by atoms with E-state index in [9.17, 15) is 4.79 Å². The summed E-state index contributed by atoms with van der Waals surface area (Å²) in [5, 5.41) is 8.93. The molecule has 2 unspecified atom stereocenters. The van der Waals surface area contributed by atoms with Crippen molar-refractivity contribution in [2.45, 2.75) is 25.3 Å². The Morgan fingerprint density at radius 2 is 2.31 bits per heavy atom. The zero-order valence-corrected chi connectivity index (χ0v) is 8.19. The van der Waals surface area contributed by atoms with Gasteiger partial charge in [-0.25, -0.2) is 4.79 Å². The third-order valence-corrected chi connectivity index (χ3v) is 2.78. The Kier molecular flexibility index (Phi) is 3.54. The summed E-state index contributed by atoms with van der Waals surface area (Å²) in [7, 11) is 3.13. The number of carbonyl (C=O) groups excluding carboxylic acids is 1. The average molecular weight is 187 g/mol. The predicted octanol–water partition coefficient (Wildman–Crippen LogP) is 0.846. The second kappa shape index (κ2) is 4.46. The van der Waals surface area contributed by atoms with Crippen LogP contribution in [0.3, 0.4) is 0 Å². The summed E-state index contributed by atoms with van der Waals surface area (Å²) in [5.74, 6) is 0.358. The lowest BCUT2D eigenvalue weighted by Gasteiger charge is -2.22. The summed E-state index contributed by atoms with van der Waals surface area (Å²) in [6.07, 6.45) is 2.57. The molecule has 0 bridgehead atoms. The highest BCUT2D eigenvalue weighted by Gasteiger charge is 2.29. The van der Waals surface area contributed by atoms with Crippen LogP contribution in [0.5, 0.6) is 0 Å². The largest absolute Gasteiger partial charge is 0.453 e. The fraction of sp³-hybridized carbons (Fsp3) is 0.889. The van der Waals surface area contributed by atoms with Gasteiger partial charge in [-0.15, -0.1) is 0 Å². The highest BCUT2D eigenvalue weighted by Crippen LogP contribution is 2.28. The molecule has 1 N–H and O–H groups in total. The minimum absolute atomic E-state index is 0.228. The molecule has 1 aliphatic carbocycles. The molecule has 0 aliphatic heterocycles. The van der Waals surface area contributed by atoms with Gasteiger partial charge in [0.2, 0.25) is 0 Å². The van der Waals surface area contributed by atoms with E-state index in [0.717, 1.165) is 19.3 Å². The number of rotatable bonds is 2. The topological polar surface area (TPSA) is 49.8 Å². The van der Waals surface area contributed by atoms with Crippen LogP contribution in [0.1, 0.15) is 19.3 Å². The monoisotopic (exact) mass is 187 g/mol. The van der Waals surface area contributed by atoms with Crippen LogP contribution in [-0.2, 0) is 4.74 Å². The molecule has 1 saturated carbocycles. The van der Waals surface area contributed by atoms with E-state index in [1.807, 2.05) is 0 Å². The highest BCUT2D eigenvalue weighted by molar-refractivity contribution is 5.67. The van der Waals surface area contributed by atoms with E-state index < -0.39 is 0 Å². The lowest BCUT2D eigenvalue weighted by molar-refractivity contribution is 0.116. The summed E-state index contributed by atoms with van der Waals surface area (Å²) in [4.78, 5) is 12.8. The fourth-order valence-corrected chi connectivity index (χ4v) is 1.86. The van der Waals surface area contributed by atoms with Crippen molar-refractivity contribution in [2.24, 2.45) is 5.92 Å². The van der Waals surface area contributed by atoms with Gasteiger partial charge < -0.3 is 14.7 Å². The van der Waals surface area contributed by atoms with Crippen molar-refractivity contribution in [3.8, 4) is 0 Å². The van der Waals surface area contributed by atoms with Crippen molar-refractivity contribution < 1.29 is 14.6 Å². The first kappa shape index (κ1) is 10.3. The molecule has 0 spiro atoms. The first-order valence-corrected chi connectivity index (χ1v) is 4.60. The number of aliphatic hydroxyl groups excluding tert-OH is 1. The molecule has 0 saturated heterocycles. The van der Waals surface area contributed by atoms with Crippen LogP contribution in [0, 0.1) is 5.92 Å². The Morgan fingerprint density at radius 3 is 2.77 bits per heavy atom. The summed E-state index contributed by atoms with van der Waals surface area (Å²) >= 11 is 0. The molecule has 2 atom stereocenters. The van der Waals surface area contributed by atoms with Gasteiger partial charge in [-0.05, 0) is 25.2 Å². The minimum atomic E-state index is -0.288. The molecule has 4 nitrogen and oxygen atoms in total. The quantitative estimate of drug-likeness (QED) is 0.697. The van der Waals surface area contributed by atoms with Gasteiger partial charge in [0.1, 0.15) is 0 Å². The highest BCUT2D eigenvalue weighted by atomic mass is 16.5. The van der Waals surface area contributed by atoms with Crippen molar-refractivity contribution in [1.82, 2.24) is 4.90 Å². The smallest absolute Gasteiger partial charge is 0.409 e. The second-order valence-corrected chi connectivity index (χ2v) is 3.60. The summed E-state index contributed by atoms with van der Waals surface area (Å²) in [5.41, 5.74) is 0. The van der Waals surface area contributed by atoms with Crippen molar-refractivity contribution >= 4 is 6.09 Å². The minimum Gasteiger partial charge on any atom is -0.453 e. The number of hydrogen-bond donors (Lipinski definition) is 1. The Bertz CT molecular complexity index is 184. The molecule has 4 heteroatoms. The zero-order chi connectivity index (χ0) is 9.84. The molecular formula is C9H17NO3. The van der Waals surface area contributed by atoms with Crippen LogP contribution in [0.4, 0.5) is 4.79 Å². The van der Waals surface area contributed by atoms with Crippen LogP contribution in [-0.4, -0.2) is 42.9 Å². The molecule has 1 rings (SSSR count). The molecule has 1 fully saturated rings. The maximum Gasteiger partial charge on any atom is 0.409 e. The first-order valence-electron chi connectivity index (χ1n) is 4.60. The Hall–Kier alpha value is -0.770. The first-order chi connectivity index (χ1) is 6.19. The molecule has 1 amide bonds. The van der Waals surface area contributed by atoms with E-state index in [1.54, 1.807) is 11.9 Å². The van der Waals surface area contributed by atoms with E-state index in [2.05, 4.69) is 4.74 Å². The number of ether oxygens (including phenoxy) is 1. The molecule has 0 heterocycles. The number of nitrogens with zero attached hydrogens (tertiary/aromatic N) is 1. The van der Waals surface area contributed by atoms with Crippen molar-refractivity contribution in [3.63, 3.8) is 0 Å². The SMILES string of the molecule is COC(=O)N(C)C1CCC(CO)C1. The van der Waals surface area contributed by atoms with Gasteiger partial charge in [0.15, 0.2) is 0 Å². The van der Waals surface area contributed by atoms with Gasteiger partial charge in [-0.1, -0.05) is 0 Å². The lowest BCUT2D eigenvalue weighted by atomic mass is 10.1. The number of carbonyl (C=O) groups is 1. The number of hydrogen-bond acceptors (Lipinski definition) is 3. The van der Waals surface area contributed by atoms with Crippen LogP contribution in [0.25, 0.3) is 0 Å². The molecule has 0 aromatic rings. The predicted molar refractivity (Wildman–Crippen MR) is 48.4 cm³/mol. The molecular weight excluding hydrogens is 170 g/mol. The van der Waals surface area contributed by atoms with Gasteiger partial charge in [-0.3, -0.25) is 0 Å². The third-order valence-electron chi connectivity index (χ3n) is 2.78.